The molecule has 17 heavy (non-hydrogen) atoms. The van der Waals surface area contributed by atoms with E-state index >= 15 is 0 Å². The van der Waals surface area contributed by atoms with Gasteiger partial charge in [0.25, 0.3) is 0 Å². The molecule has 2 N–H and O–H groups in total. The number of hydrogen-bond acceptors (Lipinski definition) is 1. The lowest BCUT2D eigenvalue weighted by Gasteiger charge is -2.04. The summed E-state index contributed by atoms with van der Waals surface area (Å²) < 4.78 is 2.38. The molecule has 0 radical (unpaired) electrons. The summed E-state index contributed by atoms with van der Waals surface area (Å²) in [4.78, 5) is 0. The molecule has 2 aromatic carbocycles. The topological polar surface area (TPSA) is 30.9 Å². The summed E-state index contributed by atoms with van der Waals surface area (Å²) in [6.45, 7) is 3.26. The molecule has 0 saturated carbocycles. The monoisotopic (exact) mass is 224 g/mol. The Morgan fingerprint density at radius 2 is 1.76 bits per heavy atom. The molecule has 0 unspecified atom stereocenters. The first kappa shape index (κ1) is 10.2. The third-order valence-electron chi connectivity index (χ3n) is 3.24. The Morgan fingerprint density at radius 3 is 2.59 bits per heavy atom. The van der Waals surface area contributed by atoms with Crippen LogP contribution < -0.4 is 5.73 Å². The van der Waals surface area contributed by atoms with E-state index in [4.69, 9.17) is 5.73 Å². The van der Waals surface area contributed by atoms with Crippen molar-refractivity contribution in [3.63, 3.8) is 0 Å². The first-order valence-electron chi connectivity index (χ1n) is 6.07. The number of anilines is 1. The van der Waals surface area contributed by atoms with E-state index in [-0.39, 0.29) is 0 Å². The zero-order valence-electron chi connectivity index (χ0n) is 9.98. The standard InChI is InChI=1S/C15H16N2/c1-2-9-17-14-6-4-3-5-12(14)13-10-11(16)7-8-15(13)17/h3-8,10H,2,9,16H2,1H3. The van der Waals surface area contributed by atoms with Crippen molar-refractivity contribution in [2.45, 2.75) is 19.9 Å². The fourth-order valence-corrected chi connectivity index (χ4v) is 2.54. The van der Waals surface area contributed by atoms with Crippen LogP contribution in [0.15, 0.2) is 42.5 Å². The van der Waals surface area contributed by atoms with Crippen LogP contribution in [0.4, 0.5) is 5.69 Å². The minimum Gasteiger partial charge on any atom is -0.399 e. The fourth-order valence-electron chi connectivity index (χ4n) is 2.54. The highest BCUT2D eigenvalue weighted by Gasteiger charge is 2.09. The largest absolute Gasteiger partial charge is 0.399 e. The van der Waals surface area contributed by atoms with Crippen LogP contribution in [0.1, 0.15) is 13.3 Å². The predicted octanol–water partition coefficient (Wildman–Crippen LogP) is 3.79. The fraction of sp³-hybridized carbons (Fsp3) is 0.200. The van der Waals surface area contributed by atoms with Crippen LogP contribution in [0.5, 0.6) is 0 Å². The van der Waals surface area contributed by atoms with E-state index < -0.39 is 0 Å². The third-order valence-corrected chi connectivity index (χ3v) is 3.24. The maximum atomic E-state index is 5.89. The molecule has 0 amide bonds. The normalized spacial score (nSPS) is 11.4. The van der Waals surface area contributed by atoms with E-state index in [0.29, 0.717) is 0 Å². The van der Waals surface area contributed by atoms with E-state index in [9.17, 15) is 0 Å². The maximum absolute atomic E-state index is 5.89. The van der Waals surface area contributed by atoms with E-state index in [0.717, 1.165) is 18.7 Å². The molecule has 2 heteroatoms. The molecule has 0 aliphatic rings. The smallest absolute Gasteiger partial charge is 0.0492 e. The molecule has 0 saturated heterocycles. The molecule has 3 rings (SSSR count). The summed E-state index contributed by atoms with van der Waals surface area (Å²) in [7, 11) is 0. The molecule has 0 spiro atoms. The highest BCUT2D eigenvalue weighted by atomic mass is 15.0. The Hall–Kier alpha value is -1.96. The van der Waals surface area contributed by atoms with Gasteiger partial charge in [-0.2, -0.15) is 0 Å². The van der Waals surface area contributed by atoms with Crippen molar-refractivity contribution in [3.05, 3.63) is 42.5 Å². The van der Waals surface area contributed by atoms with E-state index in [1.165, 1.54) is 21.8 Å². The molecule has 2 nitrogen and oxygen atoms in total. The Labute approximate surface area is 101 Å². The van der Waals surface area contributed by atoms with Crippen molar-refractivity contribution in [1.82, 2.24) is 4.57 Å². The number of nitrogens with two attached hydrogens (primary N) is 1. The van der Waals surface area contributed by atoms with Gasteiger partial charge in [0.2, 0.25) is 0 Å². The molecule has 0 fully saturated rings. The second-order valence-electron chi connectivity index (χ2n) is 4.45. The van der Waals surface area contributed by atoms with E-state index in [1.54, 1.807) is 0 Å². The summed E-state index contributed by atoms with van der Waals surface area (Å²) in [6.07, 6.45) is 1.14. The van der Waals surface area contributed by atoms with Gasteiger partial charge < -0.3 is 10.3 Å². The zero-order valence-corrected chi connectivity index (χ0v) is 9.98. The number of hydrogen-bond donors (Lipinski definition) is 1. The van der Waals surface area contributed by atoms with Crippen LogP contribution in [0.2, 0.25) is 0 Å². The average Bonchev–Trinajstić information content (AvgIpc) is 2.65. The van der Waals surface area contributed by atoms with Crippen LogP contribution in [-0.2, 0) is 6.54 Å². The number of para-hydroxylation sites is 1. The van der Waals surface area contributed by atoms with Gasteiger partial charge in [-0.25, -0.2) is 0 Å². The molecular weight excluding hydrogens is 208 g/mol. The molecule has 0 aliphatic heterocycles. The number of aryl methyl sites for hydroxylation is 1. The van der Waals surface area contributed by atoms with Gasteiger partial charge in [0.1, 0.15) is 0 Å². The second kappa shape index (κ2) is 3.81. The van der Waals surface area contributed by atoms with Gasteiger partial charge in [-0.3, -0.25) is 0 Å². The van der Waals surface area contributed by atoms with Gasteiger partial charge in [-0.15, -0.1) is 0 Å². The first-order chi connectivity index (χ1) is 8.31. The highest BCUT2D eigenvalue weighted by Crippen LogP contribution is 2.30. The lowest BCUT2D eigenvalue weighted by Crippen LogP contribution is -1.95. The van der Waals surface area contributed by atoms with Gasteiger partial charge in [-0.1, -0.05) is 25.1 Å². The van der Waals surface area contributed by atoms with Gasteiger partial charge >= 0.3 is 0 Å². The van der Waals surface area contributed by atoms with Gasteiger partial charge in [0.05, 0.1) is 0 Å². The minimum absolute atomic E-state index is 0.830. The summed E-state index contributed by atoms with van der Waals surface area (Å²) in [6, 6.07) is 14.7. The van der Waals surface area contributed by atoms with E-state index in [2.05, 4.69) is 47.9 Å². The number of nitrogen functional groups attached to an aromatic ring is 1. The van der Waals surface area contributed by atoms with Crippen LogP contribution in [0, 0.1) is 0 Å². The second-order valence-corrected chi connectivity index (χ2v) is 4.45. The lowest BCUT2D eigenvalue weighted by atomic mass is 10.1. The average molecular weight is 224 g/mol. The van der Waals surface area contributed by atoms with Crippen molar-refractivity contribution in [1.29, 1.82) is 0 Å². The van der Waals surface area contributed by atoms with E-state index in [1.807, 2.05) is 6.07 Å². The van der Waals surface area contributed by atoms with Crippen LogP contribution >= 0.6 is 0 Å². The molecular formula is C15H16N2. The number of rotatable bonds is 2. The summed E-state index contributed by atoms with van der Waals surface area (Å²) in [5, 5.41) is 2.55. The summed E-state index contributed by atoms with van der Waals surface area (Å²) in [5.41, 5.74) is 9.30. The van der Waals surface area contributed by atoms with Crippen molar-refractivity contribution in [2.75, 3.05) is 5.73 Å². The predicted molar refractivity (Wildman–Crippen MR) is 74.1 cm³/mol. The molecule has 1 aromatic heterocycles. The maximum Gasteiger partial charge on any atom is 0.0492 e. The number of nitrogens with zero attached hydrogens (tertiary/aromatic N) is 1. The Morgan fingerprint density at radius 1 is 1.00 bits per heavy atom. The SMILES string of the molecule is CCCn1c2ccccc2c2cc(N)ccc21. The van der Waals surface area contributed by atoms with Crippen LogP contribution in [-0.4, -0.2) is 4.57 Å². The number of benzene rings is 2. The summed E-state index contributed by atoms with van der Waals surface area (Å²) in [5.74, 6) is 0. The van der Waals surface area contributed by atoms with Gasteiger partial charge in [-0.05, 0) is 30.7 Å². The molecule has 0 atom stereocenters. The molecule has 0 aliphatic carbocycles. The van der Waals surface area contributed by atoms with Crippen molar-refractivity contribution in [2.24, 2.45) is 0 Å². The minimum atomic E-state index is 0.830. The Balaban J connectivity index is 2.48. The molecule has 86 valence electrons. The Kier molecular flexibility index (Phi) is 2.29. The number of aromatic nitrogens is 1. The quantitative estimate of drug-likeness (QED) is 0.660. The van der Waals surface area contributed by atoms with Gasteiger partial charge in [0.15, 0.2) is 0 Å². The third kappa shape index (κ3) is 1.48. The molecule has 1 heterocycles. The first-order valence-corrected chi connectivity index (χ1v) is 6.07. The van der Waals surface area contributed by atoms with Crippen LogP contribution in [0.25, 0.3) is 21.8 Å². The number of fused-ring (bicyclic) bond motifs is 3. The summed E-state index contributed by atoms with van der Waals surface area (Å²) >= 11 is 0. The van der Waals surface area contributed by atoms with Crippen LogP contribution in [0.3, 0.4) is 0 Å². The molecule has 3 aromatic rings. The zero-order chi connectivity index (χ0) is 11.8. The lowest BCUT2D eigenvalue weighted by molar-refractivity contribution is 0.724. The Bertz CT molecular complexity index is 680. The van der Waals surface area contributed by atoms with Crippen molar-refractivity contribution in [3.8, 4) is 0 Å². The van der Waals surface area contributed by atoms with Crippen molar-refractivity contribution < 1.29 is 0 Å². The highest BCUT2D eigenvalue weighted by molar-refractivity contribution is 6.08. The van der Waals surface area contributed by atoms with Gasteiger partial charge in [0, 0.05) is 34.0 Å². The van der Waals surface area contributed by atoms with Crippen molar-refractivity contribution >= 4 is 27.5 Å². The molecule has 0 bridgehead atoms.